The van der Waals surface area contributed by atoms with Crippen molar-refractivity contribution in [3.05, 3.63) is 68.7 Å². The second-order valence-corrected chi connectivity index (χ2v) is 7.90. The normalized spacial score (nSPS) is 13.4. The minimum atomic E-state index is -0.770. The zero-order chi connectivity index (χ0) is 21.0. The third-order valence-corrected chi connectivity index (χ3v) is 5.82. The molecule has 2 N–H and O–H groups in total. The van der Waals surface area contributed by atoms with Gasteiger partial charge in [-0.15, -0.1) is 0 Å². The molecule has 0 fully saturated rings. The first kappa shape index (κ1) is 22.4. The second kappa shape index (κ2) is 9.56. The fraction of sp³-hybridized carbons (Fsp3) is 0.417. The van der Waals surface area contributed by atoms with E-state index in [4.69, 9.17) is 17.3 Å². The second-order valence-electron chi connectivity index (χ2n) is 7.46. The molecule has 28 heavy (non-hydrogen) atoms. The predicted octanol–water partition coefficient (Wildman–Crippen LogP) is 7.84. The average molecular weight is 406 g/mol. The maximum absolute atomic E-state index is 14.6. The number of anilines is 1. The highest BCUT2D eigenvalue weighted by Gasteiger charge is 2.21. The van der Waals surface area contributed by atoms with E-state index in [-0.39, 0.29) is 5.92 Å². The maximum Gasteiger partial charge on any atom is 0.162 e. The molecule has 0 aliphatic heterocycles. The Morgan fingerprint density at radius 2 is 1.82 bits per heavy atom. The largest absolute Gasteiger partial charge is 0.398 e. The fourth-order valence-corrected chi connectivity index (χ4v) is 3.94. The summed E-state index contributed by atoms with van der Waals surface area (Å²) in [7, 11) is 0. The summed E-state index contributed by atoms with van der Waals surface area (Å²) in [6, 6.07) is 7.05. The summed E-state index contributed by atoms with van der Waals surface area (Å²) in [5.41, 5.74) is 11.8. The molecule has 0 aliphatic rings. The van der Waals surface area contributed by atoms with E-state index in [0.717, 1.165) is 48.0 Å². The van der Waals surface area contributed by atoms with E-state index in [1.54, 1.807) is 25.1 Å². The van der Waals surface area contributed by atoms with E-state index >= 15 is 0 Å². The molecule has 0 bridgehead atoms. The van der Waals surface area contributed by atoms with Crippen LogP contribution in [0.4, 0.5) is 14.5 Å². The highest BCUT2D eigenvalue weighted by molar-refractivity contribution is 6.31. The smallest absolute Gasteiger partial charge is 0.162 e. The van der Waals surface area contributed by atoms with Gasteiger partial charge in [-0.3, -0.25) is 0 Å². The van der Waals surface area contributed by atoms with Crippen molar-refractivity contribution in [1.82, 2.24) is 0 Å². The summed E-state index contributed by atoms with van der Waals surface area (Å²) in [5.74, 6) is -1.79. The molecule has 2 rings (SSSR count). The van der Waals surface area contributed by atoms with Crippen LogP contribution in [0.25, 0.3) is 5.57 Å². The molecule has 1 nitrogen and oxygen atoms in total. The van der Waals surface area contributed by atoms with Gasteiger partial charge in [0.05, 0.1) is 0 Å². The van der Waals surface area contributed by atoms with Crippen LogP contribution in [-0.4, -0.2) is 0 Å². The Morgan fingerprint density at radius 1 is 1.14 bits per heavy atom. The predicted molar refractivity (Wildman–Crippen MR) is 117 cm³/mol. The number of halogens is 3. The lowest BCUT2D eigenvalue weighted by molar-refractivity contribution is 0.490. The molecule has 0 saturated carbocycles. The molecule has 1 unspecified atom stereocenters. The number of unbranched alkanes of at least 4 members (excludes halogenated alkanes) is 1. The van der Waals surface area contributed by atoms with Crippen LogP contribution in [0.3, 0.4) is 0 Å². The number of allylic oxidation sites excluding steroid dienone is 2. The average Bonchev–Trinajstić information content (AvgIpc) is 2.65. The van der Waals surface area contributed by atoms with Crippen LogP contribution in [-0.2, 0) is 6.42 Å². The zero-order valence-electron chi connectivity index (χ0n) is 17.4. The van der Waals surface area contributed by atoms with E-state index in [2.05, 4.69) is 13.8 Å². The van der Waals surface area contributed by atoms with Gasteiger partial charge in [0.25, 0.3) is 0 Å². The molecule has 2 aromatic carbocycles. The van der Waals surface area contributed by atoms with Gasteiger partial charge in [-0.1, -0.05) is 56.5 Å². The van der Waals surface area contributed by atoms with E-state index in [1.807, 2.05) is 19.9 Å². The van der Waals surface area contributed by atoms with Gasteiger partial charge in [-0.05, 0) is 73.1 Å². The highest BCUT2D eigenvalue weighted by Crippen LogP contribution is 2.38. The van der Waals surface area contributed by atoms with Crippen LogP contribution in [0.2, 0.25) is 5.02 Å². The molecular weight excluding hydrogens is 376 g/mol. The summed E-state index contributed by atoms with van der Waals surface area (Å²) in [4.78, 5) is 0. The van der Waals surface area contributed by atoms with Gasteiger partial charge in [-0.25, -0.2) is 8.78 Å². The molecule has 1 atom stereocenters. The van der Waals surface area contributed by atoms with Gasteiger partial charge >= 0.3 is 0 Å². The fourth-order valence-electron chi connectivity index (χ4n) is 3.71. The molecule has 0 saturated heterocycles. The van der Waals surface area contributed by atoms with Crippen molar-refractivity contribution in [3.63, 3.8) is 0 Å². The maximum atomic E-state index is 14.6. The van der Waals surface area contributed by atoms with Crippen LogP contribution >= 0.6 is 11.6 Å². The zero-order valence-corrected chi connectivity index (χ0v) is 18.2. The SMILES string of the molecule is CCCC/C(=C(/C)C(C)c1ccc(C)c(F)c1F)c1cc(Cl)cc(N)c1CC. The molecule has 152 valence electrons. The van der Waals surface area contributed by atoms with E-state index in [0.29, 0.717) is 21.8 Å². The summed E-state index contributed by atoms with van der Waals surface area (Å²) in [6.45, 7) is 9.70. The van der Waals surface area contributed by atoms with Gasteiger partial charge in [0.1, 0.15) is 0 Å². The first-order chi connectivity index (χ1) is 13.2. The molecule has 0 aromatic heterocycles. The Kier molecular flexibility index (Phi) is 7.65. The van der Waals surface area contributed by atoms with Crippen molar-refractivity contribution in [2.24, 2.45) is 0 Å². The Labute approximate surface area is 172 Å². The molecular formula is C24H30ClF2N. The van der Waals surface area contributed by atoms with E-state index < -0.39 is 11.6 Å². The number of hydrogen-bond donors (Lipinski definition) is 1. The summed E-state index contributed by atoms with van der Waals surface area (Å²) in [6.07, 6.45) is 3.66. The van der Waals surface area contributed by atoms with Gasteiger partial charge in [0, 0.05) is 16.6 Å². The van der Waals surface area contributed by atoms with Gasteiger partial charge in [0.15, 0.2) is 11.6 Å². The highest BCUT2D eigenvalue weighted by atomic mass is 35.5. The van der Waals surface area contributed by atoms with Crippen LogP contribution in [0.15, 0.2) is 29.8 Å². The number of rotatable bonds is 7. The lowest BCUT2D eigenvalue weighted by Crippen LogP contribution is -2.07. The number of benzene rings is 2. The Bertz CT molecular complexity index is 887. The topological polar surface area (TPSA) is 26.0 Å². The lowest BCUT2D eigenvalue weighted by atomic mass is 9.83. The first-order valence-corrected chi connectivity index (χ1v) is 10.3. The van der Waals surface area contributed by atoms with Crippen LogP contribution < -0.4 is 5.73 Å². The lowest BCUT2D eigenvalue weighted by Gasteiger charge is -2.22. The number of hydrogen-bond acceptors (Lipinski definition) is 1. The first-order valence-electron chi connectivity index (χ1n) is 9.95. The molecule has 0 aliphatic carbocycles. The molecule has 0 heterocycles. The number of nitrogens with two attached hydrogens (primary N) is 1. The van der Waals surface area contributed by atoms with Crippen molar-refractivity contribution < 1.29 is 8.78 Å². The molecule has 4 heteroatoms. The Balaban J connectivity index is 2.67. The molecule has 2 aromatic rings. The van der Waals surface area contributed by atoms with Gasteiger partial charge in [-0.2, -0.15) is 0 Å². The number of aryl methyl sites for hydroxylation is 1. The molecule has 0 radical (unpaired) electrons. The number of nitrogen functional groups attached to an aromatic ring is 1. The van der Waals surface area contributed by atoms with Crippen LogP contribution in [0.1, 0.15) is 75.1 Å². The standard InChI is InChI=1S/C24H30ClF2N/c1-6-8-9-19(21-12-17(25)13-22(28)18(21)7-2)15(4)16(5)20-11-10-14(3)23(26)24(20)27/h10-13,16H,6-9,28H2,1-5H3/b19-15+. The van der Waals surface area contributed by atoms with Gasteiger partial charge < -0.3 is 5.73 Å². The summed E-state index contributed by atoms with van der Waals surface area (Å²) < 4.78 is 28.8. The van der Waals surface area contributed by atoms with Crippen molar-refractivity contribution >= 4 is 22.9 Å². The minimum absolute atomic E-state index is 0.258. The third-order valence-electron chi connectivity index (χ3n) is 5.61. The van der Waals surface area contributed by atoms with Crippen molar-refractivity contribution in [1.29, 1.82) is 0 Å². The van der Waals surface area contributed by atoms with Crippen molar-refractivity contribution in [3.8, 4) is 0 Å². The molecule has 0 spiro atoms. The monoisotopic (exact) mass is 405 g/mol. The Hall–Kier alpha value is -1.87. The van der Waals surface area contributed by atoms with Gasteiger partial charge in [0.2, 0.25) is 0 Å². The third kappa shape index (κ3) is 4.57. The molecule has 0 amide bonds. The Morgan fingerprint density at radius 3 is 2.43 bits per heavy atom. The van der Waals surface area contributed by atoms with E-state index in [1.165, 1.54) is 0 Å². The summed E-state index contributed by atoms with van der Waals surface area (Å²) >= 11 is 6.31. The van der Waals surface area contributed by atoms with Crippen LogP contribution in [0.5, 0.6) is 0 Å². The van der Waals surface area contributed by atoms with Crippen molar-refractivity contribution in [2.75, 3.05) is 5.73 Å². The minimum Gasteiger partial charge on any atom is -0.398 e. The summed E-state index contributed by atoms with van der Waals surface area (Å²) in [5, 5.41) is 0.590. The van der Waals surface area contributed by atoms with Crippen molar-refractivity contribution in [2.45, 2.75) is 66.2 Å². The van der Waals surface area contributed by atoms with Crippen LogP contribution in [0, 0.1) is 18.6 Å². The van der Waals surface area contributed by atoms with E-state index in [9.17, 15) is 8.78 Å². The quantitative estimate of drug-likeness (QED) is 0.466.